The molecule has 0 spiro atoms. The summed E-state index contributed by atoms with van der Waals surface area (Å²) in [6.07, 6.45) is 1.47. The third kappa shape index (κ3) is 4.93. The van der Waals surface area contributed by atoms with Gasteiger partial charge in [0.15, 0.2) is 5.41 Å². The molecule has 8 heteroatoms. The lowest BCUT2D eigenvalue weighted by molar-refractivity contribution is -0.162. The Kier molecular flexibility index (Phi) is 6.67. The number of benzene rings is 1. The fraction of sp³-hybridized carbons (Fsp3) is 0.476. The highest BCUT2D eigenvalue weighted by Crippen LogP contribution is 2.56. The summed E-state index contributed by atoms with van der Waals surface area (Å²) in [6, 6.07) is 6.88. The van der Waals surface area contributed by atoms with Gasteiger partial charge in [0.2, 0.25) is 0 Å². The molecule has 2 atom stereocenters. The SMILES string of the molecule is COC(=O)C1(C(=O)OC)CC1/C=C(\C(=O)OC(C)(C)C)S(=O)c1ccc(C)cc1. The average molecular weight is 422 g/mol. The number of esters is 3. The Labute approximate surface area is 172 Å². The lowest BCUT2D eigenvalue weighted by Gasteiger charge is -2.20. The number of allylic oxidation sites excluding steroid dienone is 1. The van der Waals surface area contributed by atoms with Gasteiger partial charge in [-0.05, 0) is 46.2 Å². The first-order chi connectivity index (χ1) is 13.5. The van der Waals surface area contributed by atoms with Crippen LogP contribution in [0.2, 0.25) is 0 Å². The Morgan fingerprint density at radius 2 is 1.59 bits per heavy atom. The summed E-state index contributed by atoms with van der Waals surface area (Å²) in [5, 5.41) is 0. The Balaban J connectivity index is 2.46. The zero-order chi connectivity index (χ0) is 22.0. The van der Waals surface area contributed by atoms with Crippen LogP contribution in [0.25, 0.3) is 0 Å². The van der Waals surface area contributed by atoms with E-state index in [1.807, 2.05) is 6.92 Å². The van der Waals surface area contributed by atoms with Gasteiger partial charge in [-0.1, -0.05) is 23.8 Å². The fourth-order valence-corrected chi connectivity index (χ4v) is 4.03. The van der Waals surface area contributed by atoms with E-state index in [-0.39, 0.29) is 11.3 Å². The van der Waals surface area contributed by atoms with Gasteiger partial charge in [-0.2, -0.15) is 0 Å². The number of ether oxygens (including phenoxy) is 3. The van der Waals surface area contributed by atoms with Gasteiger partial charge in [-0.3, -0.25) is 9.59 Å². The maximum absolute atomic E-state index is 13.1. The van der Waals surface area contributed by atoms with Crippen molar-refractivity contribution in [2.24, 2.45) is 11.3 Å². The van der Waals surface area contributed by atoms with E-state index in [0.29, 0.717) is 4.90 Å². The summed E-state index contributed by atoms with van der Waals surface area (Å²) in [5.41, 5.74) is -1.36. The second-order valence-corrected chi connectivity index (χ2v) is 9.33. The number of aryl methyl sites for hydroxylation is 1. The highest BCUT2D eigenvalue weighted by Gasteiger charge is 2.67. The summed E-state index contributed by atoms with van der Waals surface area (Å²) in [4.78, 5) is 37.5. The van der Waals surface area contributed by atoms with Crippen molar-refractivity contribution in [3.63, 3.8) is 0 Å². The molecule has 2 rings (SSSR count). The molecule has 0 aliphatic heterocycles. The van der Waals surface area contributed by atoms with Crippen molar-refractivity contribution in [3.8, 4) is 0 Å². The highest BCUT2D eigenvalue weighted by molar-refractivity contribution is 7.90. The van der Waals surface area contributed by atoms with E-state index >= 15 is 0 Å². The van der Waals surface area contributed by atoms with Gasteiger partial charge >= 0.3 is 17.9 Å². The molecule has 0 saturated heterocycles. The zero-order valence-electron chi connectivity index (χ0n) is 17.4. The van der Waals surface area contributed by atoms with Gasteiger partial charge in [-0.25, -0.2) is 9.00 Å². The molecule has 1 aromatic rings. The molecule has 0 bridgehead atoms. The van der Waals surface area contributed by atoms with Crippen LogP contribution in [0.4, 0.5) is 0 Å². The van der Waals surface area contributed by atoms with E-state index in [1.54, 1.807) is 45.0 Å². The molecular weight excluding hydrogens is 396 g/mol. The number of rotatable bonds is 6. The molecule has 1 aliphatic carbocycles. The van der Waals surface area contributed by atoms with Gasteiger partial charge in [0.25, 0.3) is 0 Å². The Bertz CT molecular complexity index is 846. The predicted molar refractivity (Wildman–Crippen MR) is 106 cm³/mol. The third-order valence-corrected chi connectivity index (χ3v) is 5.90. The van der Waals surface area contributed by atoms with E-state index < -0.39 is 45.6 Å². The number of hydrogen-bond donors (Lipinski definition) is 0. The van der Waals surface area contributed by atoms with E-state index in [4.69, 9.17) is 14.2 Å². The van der Waals surface area contributed by atoms with E-state index in [0.717, 1.165) is 5.56 Å². The molecule has 0 N–H and O–H groups in total. The molecule has 0 amide bonds. The molecule has 2 unspecified atom stereocenters. The fourth-order valence-electron chi connectivity index (χ4n) is 2.91. The molecule has 7 nitrogen and oxygen atoms in total. The molecular formula is C21H26O7S. The van der Waals surface area contributed by atoms with E-state index in [2.05, 4.69) is 0 Å². The molecule has 1 aliphatic rings. The van der Waals surface area contributed by atoms with Crippen molar-refractivity contribution in [1.29, 1.82) is 0 Å². The van der Waals surface area contributed by atoms with Crippen molar-refractivity contribution in [1.82, 2.24) is 0 Å². The van der Waals surface area contributed by atoms with Gasteiger partial charge in [0.05, 0.1) is 25.0 Å². The molecule has 0 radical (unpaired) electrons. The Morgan fingerprint density at radius 3 is 2.03 bits per heavy atom. The first-order valence-corrected chi connectivity index (χ1v) is 10.2. The minimum atomic E-state index is -1.86. The quantitative estimate of drug-likeness (QED) is 0.301. The van der Waals surface area contributed by atoms with Crippen molar-refractivity contribution < 1.29 is 32.8 Å². The number of hydrogen-bond acceptors (Lipinski definition) is 7. The number of methoxy groups -OCH3 is 2. The first kappa shape index (κ1) is 22.8. The van der Waals surface area contributed by atoms with Crippen LogP contribution in [0.1, 0.15) is 32.8 Å². The van der Waals surface area contributed by atoms with E-state index in [1.165, 1.54) is 20.3 Å². The zero-order valence-corrected chi connectivity index (χ0v) is 18.3. The predicted octanol–water partition coefficient (Wildman–Crippen LogP) is 2.68. The van der Waals surface area contributed by atoms with Crippen molar-refractivity contribution in [3.05, 3.63) is 40.8 Å². The number of carbonyl (C=O) groups excluding carboxylic acids is 3. The van der Waals surface area contributed by atoms with Crippen LogP contribution < -0.4 is 0 Å². The van der Waals surface area contributed by atoms with Crippen LogP contribution >= 0.6 is 0 Å². The molecule has 158 valence electrons. The van der Waals surface area contributed by atoms with Crippen LogP contribution in [-0.4, -0.2) is 41.9 Å². The monoisotopic (exact) mass is 422 g/mol. The van der Waals surface area contributed by atoms with Crippen molar-refractivity contribution in [2.75, 3.05) is 14.2 Å². The first-order valence-electron chi connectivity index (χ1n) is 9.06. The maximum atomic E-state index is 13.1. The maximum Gasteiger partial charge on any atom is 0.347 e. The second kappa shape index (κ2) is 8.49. The van der Waals surface area contributed by atoms with Crippen LogP contribution in [0.3, 0.4) is 0 Å². The van der Waals surface area contributed by atoms with Gasteiger partial charge < -0.3 is 14.2 Å². The molecule has 0 heterocycles. The van der Waals surface area contributed by atoms with E-state index in [9.17, 15) is 18.6 Å². The summed E-state index contributed by atoms with van der Waals surface area (Å²) in [7, 11) is 0.488. The van der Waals surface area contributed by atoms with Crippen LogP contribution in [0.15, 0.2) is 40.1 Å². The van der Waals surface area contributed by atoms with Crippen LogP contribution in [0, 0.1) is 18.3 Å². The standard InChI is InChI=1S/C21H26O7S/c1-13-7-9-15(10-8-13)29(25)16(17(22)28-20(2,3)4)11-14-12-21(14,18(23)26-5)19(24)27-6/h7-11,14H,12H2,1-6H3/b16-11+. The summed E-state index contributed by atoms with van der Waals surface area (Å²) in [6.45, 7) is 6.98. The Hall–Kier alpha value is -2.48. The lowest BCUT2D eigenvalue weighted by Crippen LogP contribution is -2.30. The summed E-state index contributed by atoms with van der Waals surface area (Å²) < 4.78 is 28.1. The number of carbonyl (C=O) groups is 3. The molecule has 1 aromatic carbocycles. The van der Waals surface area contributed by atoms with Crippen molar-refractivity contribution >= 4 is 28.7 Å². The lowest BCUT2D eigenvalue weighted by atomic mass is 10.0. The second-order valence-electron chi connectivity index (χ2n) is 7.88. The largest absolute Gasteiger partial charge is 0.468 e. The normalized spacial score (nSPS) is 19.1. The third-order valence-electron chi connectivity index (χ3n) is 4.50. The molecule has 1 fully saturated rings. The minimum absolute atomic E-state index is 0.101. The van der Waals surface area contributed by atoms with Crippen LogP contribution in [-0.2, 0) is 39.4 Å². The molecule has 29 heavy (non-hydrogen) atoms. The topological polar surface area (TPSA) is 96.0 Å². The Morgan fingerprint density at radius 1 is 1.07 bits per heavy atom. The van der Waals surface area contributed by atoms with Gasteiger partial charge in [0, 0.05) is 10.8 Å². The van der Waals surface area contributed by atoms with Crippen molar-refractivity contribution in [2.45, 2.75) is 44.6 Å². The smallest absolute Gasteiger partial charge is 0.347 e. The highest BCUT2D eigenvalue weighted by atomic mass is 32.2. The average Bonchev–Trinajstić information content (AvgIpc) is 3.38. The minimum Gasteiger partial charge on any atom is -0.468 e. The summed E-state index contributed by atoms with van der Waals surface area (Å²) >= 11 is 0. The summed E-state index contributed by atoms with van der Waals surface area (Å²) in [5.74, 6) is -2.96. The van der Waals surface area contributed by atoms with Gasteiger partial charge in [-0.15, -0.1) is 0 Å². The van der Waals surface area contributed by atoms with Gasteiger partial charge in [0.1, 0.15) is 10.5 Å². The molecule has 0 aromatic heterocycles. The van der Waals surface area contributed by atoms with Crippen LogP contribution in [0.5, 0.6) is 0 Å². The molecule has 1 saturated carbocycles.